The number of hydrogen-bond donors (Lipinski definition) is 1. The third-order valence-corrected chi connectivity index (χ3v) is 4.02. The van der Waals surface area contributed by atoms with E-state index in [4.69, 9.17) is 27.9 Å². The van der Waals surface area contributed by atoms with Crippen molar-refractivity contribution in [2.45, 2.75) is 6.54 Å². The molecule has 0 bridgehead atoms. The highest BCUT2D eigenvalue weighted by Gasteiger charge is 2.17. The number of fused-ring (bicyclic) bond motifs is 1. The van der Waals surface area contributed by atoms with Gasteiger partial charge in [0.25, 0.3) is 0 Å². The fraction of sp³-hybridized carbons (Fsp3) is 0.125. The maximum absolute atomic E-state index is 11.0. The van der Waals surface area contributed by atoms with E-state index in [1.54, 1.807) is 34.9 Å². The molecule has 0 amide bonds. The van der Waals surface area contributed by atoms with E-state index in [1.807, 2.05) is 12.1 Å². The van der Waals surface area contributed by atoms with Crippen LogP contribution in [0.1, 0.15) is 0 Å². The predicted octanol–water partition coefficient (Wildman–Crippen LogP) is 5.13. The summed E-state index contributed by atoms with van der Waals surface area (Å²) in [5.74, 6) is 0.349. The number of halogens is 2. The van der Waals surface area contributed by atoms with Gasteiger partial charge in [-0.3, -0.25) is 0 Å². The van der Waals surface area contributed by atoms with E-state index in [0.717, 1.165) is 0 Å². The zero-order chi connectivity index (χ0) is 16.4. The van der Waals surface area contributed by atoms with Crippen molar-refractivity contribution < 1.29 is 9.84 Å². The third-order valence-electron chi connectivity index (χ3n) is 3.47. The molecule has 0 aliphatic rings. The number of nitroso groups, excluding NO2 is 1. The number of aromatic hydroxyl groups is 1. The van der Waals surface area contributed by atoms with Crippen LogP contribution in [-0.2, 0) is 6.54 Å². The molecule has 1 N–H and O–H groups in total. The minimum Gasteiger partial charge on any atom is -0.493 e. The summed E-state index contributed by atoms with van der Waals surface area (Å²) in [6.45, 7) is 0.590. The first kappa shape index (κ1) is 15.6. The number of rotatable bonds is 5. The number of nitrogens with zero attached hydrogens (tertiary/aromatic N) is 2. The van der Waals surface area contributed by atoms with Crippen molar-refractivity contribution in [3.05, 3.63) is 57.4 Å². The monoisotopic (exact) mass is 350 g/mol. The van der Waals surface area contributed by atoms with Gasteiger partial charge in [-0.25, -0.2) is 0 Å². The second-order valence-electron chi connectivity index (χ2n) is 4.86. The first-order valence-electron chi connectivity index (χ1n) is 6.83. The Balaban J connectivity index is 1.87. The van der Waals surface area contributed by atoms with Gasteiger partial charge in [0.15, 0.2) is 5.69 Å². The van der Waals surface area contributed by atoms with E-state index in [0.29, 0.717) is 33.2 Å². The van der Waals surface area contributed by atoms with Gasteiger partial charge in [-0.15, -0.1) is 4.91 Å². The normalized spacial score (nSPS) is 10.9. The summed E-state index contributed by atoms with van der Waals surface area (Å²) in [5.41, 5.74) is 0.629. The van der Waals surface area contributed by atoms with E-state index in [9.17, 15) is 10.0 Å². The Hall–Kier alpha value is -2.24. The molecular formula is C16H12Cl2N2O3. The molecule has 0 atom stereocenters. The smallest absolute Gasteiger partial charge is 0.222 e. The Morgan fingerprint density at radius 2 is 1.96 bits per heavy atom. The Bertz CT molecular complexity index is 877. The summed E-state index contributed by atoms with van der Waals surface area (Å²) < 4.78 is 7.17. The van der Waals surface area contributed by atoms with Gasteiger partial charge in [-0.2, -0.15) is 0 Å². The van der Waals surface area contributed by atoms with Crippen molar-refractivity contribution in [3.8, 4) is 11.6 Å². The van der Waals surface area contributed by atoms with E-state index < -0.39 is 0 Å². The molecule has 0 fully saturated rings. The SMILES string of the molecule is O=Nc1c(O)n(CCOc2ccccc2Cl)c2ccc(Cl)cc12. The summed E-state index contributed by atoms with van der Waals surface area (Å²) in [6, 6.07) is 12.1. The fourth-order valence-electron chi connectivity index (χ4n) is 2.42. The Morgan fingerprint density at radius 1 is 1.17 bits per heavy atom. The molecule has 23 heavy (non-hydrogen) atoms. The third kappa shape index (κ3) is 2.98. The van der Waals surface area contributed by atoms with Crippen LogP contribution in [0.4, 0.5) is 5.69 Å². The number of aromatic nitrogens is 1. The lowest BCUT2D eigenvalue weighted by Crippen LogP contribution is -2.07. The van der Waals surface area contributed by atoms with Crippen molar-refractivity contribution in [1.82, 2.24) is 4.57 Å². The maximum atomic E-state index is 11.0. The summed E-state index contributed by atoms with van der Waals surface area (Å²) in [5, 5.41) is 14.6. The predicted molar refractivity (Wildman–Crippen MR) is 91.0 cm³/mol. The summed E-state index contributed by atoms with van der Waals surface area (Å²) >= 11 is 12.0. The first-order valence-corrected chi connectivity index (χ1v) is 7.59. The Morgan fingerprint density at radius 3 is 2.70 bits per heavy atom. The highest BCUT2D eigenvalue weighted by molar-refractivity contribution is 6.32. The van der Waals surface area contributed by atoms with Crippen LogP contribution in [0.5, 0.6) is 11.6 Å². The minimum absolute atomic E-state index is 0.0276. The second-order valence-corrected chi connectivity index (χ2v) is 5.70. The van der Waals surface area contributed by atoms with E-state index in [1.165, 1.54) is 0 Å². The molecule has 3 rings (SSSR count). The van der Waals surface area contributed by atoms with Crippen LogP contribution in [0.3, 0.4) is 0 Å². The molecule has 0 aliphatic heterocycles. The highest BCUT2D eigenvalue weighted by atomic mass is 35.5. The van der Waals surface area contributed by atoms with E-state index in [2.05, 4.69) is 5.18 Å². The van der Waals surface area contributed by atoms with Gasteiger partial charge in [0.05, 0.1) is 17.1 Å². The molecule has 2 aromatic carbocycles. The van der Waals surface area contributed by atoms with Crippen LogP contribution < -0.4 is 4.74 Å². The summed E-state index contributed by atoms with van der Waals surface area (Å²) in [4.78, 5) is 11.0. The first-order chi connectivity index (χ1) is 11.1. The molecule has 1 aromatic heterocycles. The lowest BCUT2D eigenvalue weighted by atomic mass is 10.2. The Kier molecular flexibility index (Phi) is 4.41. The molecule has 0 radical (unpaired) electrons. The minimum atomic E-state index is -0.208. The zero-order valence-corrected chi connectivity index (χ0v) is 13.4. The van der Waals surface area contributed by atoms with Gasteiger partial charge in [-0.05, 0) is 35.5 Å². The molecule has 118 valence electrons. The van der Waals surface area contributed by atoms with Crippen molar-refractivity contribution in [2.24, 2.45) is 5.18 Å². The van der Waals surface area contributed by atoms with Crippen LogP contribution in [-0.4, -0.2) is 16.3 Å². The topological polar surface area (TPSA) is 63.8 Å². The average molecular weight is 351 g/mol. The van der Waals surface area contributed by atoms with Crippen LogP contribution >= 0.6 is 23.2 Å². The highest BCUT2D eigenvalue weighted by Crippen LogP contribution is 2.39. The van der Waals surface area contributed by atoms with Crippen LogP contribution in [0.25, 0.3) is 10.9 Å². The molecular weight excluding hydrogens is 339 g/mol. The number of hydrogen-bond acceptors (Lipinski definition) is 4. The largest absolute Gasteiger partial charge is 0.493 e. The molecule has 0 saturated carbocycles. The molecule has 7 heteroatoms. The number of benzene rings is 2. The fourth-order valence-corrected chi connectivity index (χ4v) is 2.78. The van der Waals surface area contributed by atoms with Crippen molar-refractivity contribution in [1.29, 1.82) is 0 Å². The molecule has 3 aromatic rings. The van der Waals surface area contributed by atoms with E-state index >= 15 is 0 Å². The van der Waals surface area contributed by atoms with Crippen LogP contribution in [0.15, 0.2) is 47.6 Å². The van der Waals surface area contributed by atoms with Crippen molar-refractivity contribution in [3.63, 3.8) is 0 Å². The second kappa shape index (κ2) is 6.48. The van der Waals surface area contributed by atoms with Gasteiger partial charge >= 0.3 is 0 Å². The van der Waals surface area contributed by atoms with Gasteiger partial charge in [0.2, 0.25) is 5.88 Å². The number of para-hydroxylation sites is 1. The van der Waals surface area contributed by atoms with Gasteiger partial charge in [-0.1, -0.05) is 35.3 Å². The average Bonchev–Trinajstić information content (AvgIpc) is 2.80. The van der Waals surface area contributed by atoms with E-state index in [-0.39, 0.29) is 18.2 Å². The maximum Gasteiger partial charge on any atom is 0.222 e. The molecule has 1 heterocycles. The molecule has 0 aliphatic carbocycles. The van der Waals surface area contributed by atoms with Crippen molar-refractivity contribution >= 4 is 39.8 Å². The molecule has 0 saturated heterocycles. The molecule has 0 spiro atoms. The quantitative estimate of drug-likeness (QED) is 0.648. The van der Waals surface area contributed by atoms with Crippen LogP contribution in [0.2, 0.25) is 10.0 Å². The standard InChI is InChI=1S/C16H12Cl2N2O3/c17-10-5-6-13-11(9-10)15(19-22)16(21)20(13)7-8-23-14-4-2-1-3-12(14)18/h1-6,9,21H,7-8H2. The summed E-state index contributed by atoms with van der Waals surface area (Å²) in [7, 11) is 0. The lowest BCUT2D eigenvalue weighted by Gasteiger charge is -2.10. The summed E-state index contributed by atoms with van der Waals surface area (Å²) in [6.07, 6.45) is 0. The van der Waals surface area contributed by atoms with Crippen LogP contribution in [0, 0.1) is 4.91 Å². The van der Waals surface area contributed by atoms with Gasteiger partial charge in [0.1, 0.15) is 12.4 Å². The molecule has 5 nitrogen and oxygen atoms in total. The zero-order valence-electron chi connectivity index (χ0n) is 11.9. The number of ether oxygens (including phenoxy) is 1. The lowest BCUT2D eigenvalue weighted by molar-refractivity contribution is 0.291. The van der Waals surface area contributed by atoms with Gasteiger partial charge < -0.3 is 14.4 Å². The molecule has 0 unspecified atom stereocenters. The Labute approximate surface area is 142 Å². The van der Waals surface area contributed by atoms with Gasteiger partial charge in [0, 0.05) is 10.4 Å². The van der Waals surface area contributed by atoms with Crippen molar-refractivity contribution in [2.75, 3.05) is 6.61 Å².